The molecule has 1 aromatic heterocycles. The number of hydrogen-bond acceptors (Lipinski definition) is 3. The lowest BCUT2D eigenvalue weighted by atomic mass is 10.1. The monoisotopic (exact) mass is 286 g/mol. The number of carbonyl (C=O) groups is 1. The molecule has 3 aromatic rings. The van der Waals surface area contributed by atoms with Crippen LogP contribution in [0.3, 0.4) is 0 Å². The van der Waals surface area contributed by atoms with E-state index in [1.165, 1.54) is 0 Å². The fourth-order valence-electron chi connectivity index (χ4n) is 2.03. The number of ether oxygens (including phenoxy) is 1. The van der Waals surface area contributed by atoms with E-state index in [1.807, 2.05) is 0 Å². The average Bonchev–Trinajstić information content (AvgIpc) is 2.89. The molecule has 0 atom stereocenters. The predicted octanol–water partition coefficient (Wildman–Crippen LogP) is 4.33. The lowest BCUT2D eigenvalue weighted by Gasteiger charge is -2.01. The highest BCUT2D eigenvalue weighted by Gasteiger charge is 2.15. The summed E-state index contributed by atoms with van der Waals surface area (Å²) in [6.07, 6.45) is 0. The summed E-state index contributed by atoms with van der Waals surface area (Å²) >= 11 is 5.92. The molecule has 0 N–H and O–H groups in total. The fourth-order valence-corrected chi connectivity index (χ4v) is 2.21. The Bertz CT molecular complexity index is 789. The summed E-state index contributed by atoms with van der Waals surface area (Å²) in [4.78, 5) is 12.4. The van der Waals surface area contributed by atoms with Gasteiger partial charge in [0.1, 0.15) is 11.3 Å². The maximum Gasteiger partial charge on any atom is 0.228 e. The van der Waals surface area contributed by atoms with Crippen LogP contribution in [0.2, 0.25) is 5.02 Å². The van der Waals surface area contributed by atoms with Gasteiger partial charge in [0.15, 0.2) is 5.76 Å². The summed E-state index contributed by atoms with van der Waals surface area (Å²) in [5, 5.41) is 1.42. The van der Waals surface area contributed by atoms with Gasteiger partial charge in [-0.25, -0.2) is 0 Å². The molecule has 0 radical (unpaired) electrons. The van der Waals surface area contributed by atoms with E-state index in [4.69, 9.17) is 20.8 Å². The summed E-state index contributed by atoms with van der Waals surface area (Å²) < 4.78 is 10.7. The Labute approximate surface area is 120 Å². The molecule has 100 valence electrons. The second kappa shape index (κ2) is 5.02. The van der Waals surface area contributed by atoms with Gasteiger partial charge < -0.3 is 9.15 Å². The van der Waals surface area contributed by atoms with Crippen LogP contribution in [0.5, 0.6) is 5.75 Å². The number of methoxy groups -OCH3 is 1. The SMILES string of the molecule is COc1cccc(C(=O)c2cc3cc(Cl)ccc3o2)c1. The zero-order chi connectivity index (χ0) is 14.1. The van der Waals surface area contributed by atoms with Crippen molar-refractivity contribution in [1.29, 1.82) is 0 Å². The largest absolute Gasteiger partial charge is 0.497 e. The summed E-state index contributed by atoms with van der Waals surface area (Å²) in [7, 11) is 1.56. The maximum absolute atomic E-state index is 12.4. The van der Waals surface area contributed by atoms with Crippen molar-refractivity contribution < 1.29 is 13.9 Å². The molecule has 2 aromatic carbocycles. The zero-order valence-corrected chi connectivity index (χ0v) is 11.5. The molecule has 0 fully saturated rings. The Kier molecular flexibility index (Phi) is 3.20. The van der Waals surface area contributed by atoms with Gasteiger partial charge >= 0.3 is 0 Å². The standard InChI is InChI=1S/C16H11ClO3/c1-19-13-4-2-3-10(8-13)16(18)15-9-11-7-12(17)5-6-14(11)20-15/h2-9H,1H3. The van der Waals surface area contributed by atoms with Crippen molar-refractivity contribution in [1.82, 2.24) is 0 Å². The summed E-state index contributed by atoms with van der Waals surface area (Å²) in [6.45, 7) is 0. The van der Waals surface area contributed by atoms with Crippen molar-refractivity contribution in [3.8, 4) is 5.75 Å². The third kappa shape index (κ3) is 2.28. The predicted molar refractivity (Wildman–Crippen MR) is 77.7 cm³/mol. The number of rotatable bonds is 3. The molecule has 1 heterocycles. The van der Waals surface area contributed by atoms with E-state index < -0.39 is 0 Å². The number of hydrogen-bond donors (Lipinski definition) is 0. The Morgan fingerprint density at radius 1 is 1.15 bits per heavy atom. The molecular formula is C16H11ClO3. The van der Waals surface area contributed by atoms with E-state index in [1.54, 1.807) is 55.6 Å². The van der Waals surface area contributed by atoms with Crippen LogP contribution < -0.4 is 4.74 Å². The van der Waals surface area contributed by atoms with Crippen LogP contribution in [0.4, 0.5) is 0 Å². The van der Waals surface area contributed by atoms with E-state index in [0.717, 1.165) is 5.39 Å². The Hall–Kier alpha value is -2.26. The quantitative estimate of drug-likeness (QED) is 0.673. The Morgan fingerprint density at radius 3 is 2.80 bits per heavy atom. The van der Waals surface area contributed by atoms with Gasteiger partial charge in [-0.15, -0.1) is 0 Å². The summed E-state index contributed by atoms with van der Waals surface area (Å²) in [6, 6.07) is 13.9. The lowest BCUT2D eigenvalue weighted by Crippen LogP contribution is -1.99. The van der Waals surface area contributed by atoms with E-state index >= 15 is 0 Å². The minimum atomic E-state index is -0.184. The topological polar surface area (TPSA) is 39.4 Å². The second-order valence-electron chi connectivity index (χ2n) is 4.35. The van der Waals surface area contributed by atoms with Crippen LogP contribution in [-0.4, -0.2) is 12.9 Å². The molecule has 0 unspecified atom stereocenters. The highest BCUT2D eigenvalue weighted by Crippen LogP contribution is 2.25. The lowest BCUT2D eigenvalue weighted by molar-refractivity contribution is 0.101. The first-order valence-corrected chi connectivity index (χ1v) is 6.43. The van der Waals surface area contributed by atoms with Crippen LogP contribution in [0.25, 0.3) is 11.0 Å². The molecule has 3 nitrogen and oxygen atoms in total. The first-order chi connectivity index (χ1) is 9.67. The first kappa shape index (κ1) is 12.8. The van der Waals surface area contributed by atoms with Crippen molar-refractivity contribution in [2.45, 2.75) is 0 Å². The minimum Gasteiger partial charge on any atom is -0.497 e. The highest BCUT2D eigenvalue weighted by molar-refractivity contribution is 6.31. The van der Waals surface area contributed by atoms with E-state index in [9.17, 15) is 4.79 Å². The Balaban J connectivity index is 2.03. The summed E-state index contributed by atoms with van der Waals surface area (Å²) in [5.41, 5.74) is 1.16. The van der Waals surface area contributed by atoms with Crippen molar-refractivity contribution in [3.63, 3.8) is 0 Å². The van der Waals surface area contributed by atoms with E-state index in [-0.39, 0.29) is 11.5 Å². The molecule has 4 heteroatoms. The zero-order valence-electron chi connectivity index (χ0n) is 10.7. The van der Waals surface area contributed by atoms with Crippen LogP contribution in [0.1, 0.15) is 16.1 Å². The first-order valence-electron chi connectivity index (χ1n) is 6.05. The van der Waals surface area contributed by atoms with Crippen LogP contribution in [0.15, 0.2) is 52.9 Å². The van der Waals surface area contributed by atoms with Gasteiger partial charge in [0.25, 0.3) is 0 Å². The van der Waals surface area contributed by atoms with Gasteiger partial charge in [-0.3, -0.25) is 4.79 Å². The van der Waals surface area contributed by atoms with Crippen LogP contribution in [-0.2, 0) is 0 Å². The molecule has 0 aliphatic heterocycles. The maximum atomic E-state index is 12.4. The number of halogens is 1. The van der Waals surface area contributed by atoms with Gasteiger partial charge in [-0.05, 0) is 36.4 Å². The summed E-state index contributed by atoms with van der Waals surface area (Å²) in [5.74, 6) is 0.738. The molecule has 0 saturated heterocycles. The molecule has 0 saturated carbocycles. The molecule has 0 spiro atoms. The van der Waals surface area contributed by atoms with Gasteiger partial charge in [0.2, 0.25) is 5.78 Å². The van der Waals surface area contributed by atoms with Gasteiger partial charge in [-0.2, -0.15) is 0 Å². The number of fused-ring (bicyclic) bond motifs is 1. The molecule has 20 heavy (non-hydrogen) atoms. The molecular weight excluding hydrogens is 276 g/mol. The van der Waals surface area contributed by atoms with E-state index in [0.29, 0.717) is 21.9 Å². The molecule has 0 aliphatic carbocycles. The van der Waals surface area contributed by atoms with Crippen LogP contribution in [0, 0.1) is 0 Å². The van der Waals surface area contributed by atoms with Gasteiger partial charge in [-0.1, -0.05) is 23.7 Å². The van der Waals surface area contributed by atoms with Crippen molar-refractivity contribution >= 4 is 28.4 Å². The Morgan fingerprint density at radius 2 is 2.00 bits per heavy atom. The molecule has 0 aliphatic rings. The number of ketones is 1. The third-order valence-corrected chi connectivity index (χ3v) is 3.27. The minimum absolute atomic E-state index is 0.184. The number of furan rings is 1. The smallest absolute Gasteiger partial charge is 0.228 e. The highest BCUT2D eigenvalue weighted by atomic mass is 35.5. The number of carbonyl (C=O) groups excluding carboxylic acids is 1. The third-order valence-electron chi connectivity index (χ3n) is 3.03. The number of benzene rings is 2. The van der Waals surface area contributed by atoms with Gasteiger partial charge in [0, 0.05) is 16.0 Å². The average molecular weight is 287 g/mol. The van der Waals surface area contributed by atoms with E-state index in [2.05, 4.69) is 0 Å². The van der Waals surface area contributed by atoms with Crippen molar-refractivity contribution in [2.75, 3.05) is 7.11 Å². The van der Waals surface area contributed by atoms with Crippen molar-refractivity contribution in [2.24, 2.45) is 0 Å². The van der Waals surface area contributed by atoms with Crippen LogP contribution >= 0.6 is 11.6 Å². The van der Waals surface area contributed by atoms with Gasteiger partial charge in [0.05, 0.1) is 7.11 Å². The molecule has 3 rings (SSSR count). The second-order valence-corrected chi connectivity index (χ2v) is 4.79. The fraction of sp³-hybridized carbons (Fsp3) is 0.0625. The van der Waals surface area contributed by atoms with Crippen molar-refractivity contribution in [3.05, 3.63) is 64.9 Å². The molecule has 0 amide bonds. The normalized spacial score (nSPS) is 10.7. The molecule has 0 bridgehead atoms.